The summed E-state index contributed by atoms with van der Waals surface area (Å²) in [5, 5.41) is 2.59. The van der Waals surface area contributed by atoms with Gasteiger partial charge in [-0.1, -0.05) is 12.1 Å². The first-order valence-electron chi connectivity index (χ1n) is 6.39. The van der Waals surface area contributed by atoms with Gasteiger partial charge in [0.2, 0.25) is 5.91 Å². The Kier molecular flexibility index (Phi) is 4.72. The zero-order valence-corrected chi connectivity index (χ0v) is 12.6. The highest BCUT2D eigenvalue weighted by Gasteiger charge is 2.05. The minimum atomic E-state index is -3.23. The molecular weight excluding hydrogens is 305 g/mol. The molecule has 114 valence electrons. The van der Waals surface area contributed by atoms with Gasteiger partial charge in [-0.3, -0.25) is 4.79 Å². The van der Waals surface area contributed by atoms with Gasteiger partial charge in [0.05, 0.1) is 4.90 Å². The van der Waals surface area contributed by atoms with Crippen LogP contribution in [0.1, 0.15) is 5.56 Å². The van der Waals surface area contributed by atoms with Crippen LogP contribution in [0.15, 0.2) is 59.5 Å². The van der Waals surface area contributed by atoms with Crippen LogP contribution >= 0.6 is 0 Å². The highest BCUT2D eigenvalue weighted by Crippen LogP contribution is 2.12. The first kappa shape index (κ1) is 15.9. The molecule has 4 nitrogen and oxygen atoms in total. The molecule has 0 fully saturated rings. The molecule has 22 heavy (non-hydrogen) atoms. The van der Waals surface area contributed by atoms with E-state index in [-0.39, 0.29) is 16.6 Å². The van der Waals surface area contributed by atoms with E-state index >= 15 is 0 Å². The number of nitrogens with one attached hydrogen (secondary N) is 1. The molecule has 0 heterocycles. The van der Waals surface area contributed by atoms with Crippen LogP contribution in [0, 0.1) is 5.82 Å². The van der Waals surface area contributed by atoms with E-state index in [1.165, 1.54) is 42.5 Å². The van der Waals surface area contributed by atoms with Crippen molar-refractivity contribution in [2.75, 3.05) is 11.6 Å². The van der Waals surface area contributed by atoms with Crippen molar-refractivity contribution in [2.24, 2.45) is 0 Å². The molecule has 1 amide bonds. The Balaban J connectivity index is 2.02. The van der Waals surface area contributed by atoms with Crippen LogP contribution in [-0.4, -0.2) is 20.6 Å². The molecule has 1 N–H and O–H groups in total. The lowest BCUT2D eigenvalue weighted by atomic mass is 10.2. The van der Waals surface area contributed by atoms with Gasteiger partial charge in [-0.2, -0.15) is 0 Å². The minimum Gasteiger partial charge on any atom is -0.323 e. The van der Waals surface area contributed by atoms with Crippen molar-refractivity contribution in [3.63, 3.8) is 0 Å². The first-order valence-corrected chi connectivity index (χ1v) is 8.28. The van der Waals surface area contributed by atoms with Crippen molar-refractivity contribution in [1.29, 1.82) is 0 Å². The number of halogens is 1. The number of carbonyl (C=O) groups excluding carboxylic acids is 1. The fourth-order valence-corrected chi connectivity index (χ4v) is 2.35. The van der Waals surface area contributed by atoms with Crippen molar-refractivity contribution in [3.8, 4) is 0 Å². The van der Waals surface area contributed by atoms with Gasteiger partial charge in [0.15, 0.2) is 9.84 Å². The smallest absolute Gasteiger partial charge is 0.248 e. The van der Waals surface area contributed by atoms with E-state index in [4.69, 9.17) is 0 Å². The van der Waals surface area contributed by atoms with Crippen molar-refractivity contribution in [3.05, 3.63) is 66.0 Å². The Bertz CT molecular complexity index is 794. The average molecular weight is 319 g/mol. The maximum absolute atomic E-state index is 12.7. The lowest BCUT2D eigenvalue weighted by Crippen LogP contribution is -2.07. The zero-order valence-electron chi connectivity index (χ0n) is 11.8. The van der Waals surface area contributed by atoms with Crippen LogP contribution < -0.4 is 5.32 Å². The molecule has 2 aromatic carbocycles. The number of hydrogen-bond acceptors (Lipinski definition) is 3. The molecule has 0 saturated carbocycles. The second-order valence-corrected chi connectivity index (χ2v) is 6.69. The Hall–Kier alpha value is -2.47. The van der Waals surface area contributed by atoms with Crippen LogP contribution in [0.5, 0.6) is 0 Å². The van der Waals surface area contributed by atoms with Gasteiger partial charge in [0.1, 0.15) is 5.82 Å². The second-order valence-electron chi connectivity index (χ2n) is 4.67. The van der Waals surface area contributed by atoms with Gasteiger partial charge in [-0.15, -0.1) is 0 Å². The topological polar surface area (TPSA) is 63.2 Å². The first-order chi connectivity index (χ1) is 10.3. The van der Waals surface area contributed by atoms with E-state index in [0.29, 0.717) is 11.3 Å². The molecule has 6 heteroatoms. The van der Waals surface area contributed by atoms with Gasteiger partial charge < -0.3 is 5.32 Å². The average Bonchev–Trinajstić information content (AvgIpc) is 2.47. The molecule has 0 bridgehead atoms. The number of rotatable bonds is 4. The SMILES string of the molecule is CS(=O)(=O)c1ccc(/C=C/C(=O)Nc2ccc(F)cc2)cc1. The van der Waals surface area contributed by atoms with Gasteiger partial charge in [-0.25, -0.2) is 12.8 Å². The fraction of sp³-hybridized carbons (Fsp3) is 0.0625. The predicted molar refractivity (Wildman–Crippen MR) is 83.6 cm³/mol. The third-order valence-electron chi connectivity index (χ3n) is 2.85. The minimum absolute atomic E-state index is 0.223. The van der Waals surface area contributed by atoms with Crippen molar-refractivity contribution < 1.29 is 17.6 Å². The molecule has 2 rings (SSSR count). The fourth-order valence-electron chi connectivity index (χ4n) is 1.72. The van der Waals surface area contributed by atoms with Crippen LogP contribution in [0.3, 0.4) is 0 Å². The number of benzene rings is 2. The van der Waals surface area contributed by atoms with Gasteiger partial charge >= 0.3 is 0 Å². The number of amides is 1. The number of sulfone groups is 1. The number of carbonyl (C=O) groups is 1. The lowest BCUT2D eigenvalue weighted by molar-refractivity contribution is -0.111. The van der Waals surface area contributed by atoms with E-state index in [1.807, 2.05) is 0 Å². The van der Waals surface area contributed by atoms with Crippen molar-refractivity contribution >= 4 is 27.5 Å². The van der Waals surface area contributed by atoms with E-state index in [1.54, 1.807) is 18.2 Å². The largest absolute Gasteiger partial charge is 0.323 e. The summed E-state index contributed by atoms with van der Waals surface area (Å²) in [6.45, 7) is 0. The third-order valence-corrected chi connectivity index (χ3v) is 3.98. The third kappa shape index (κ3) is 4.53. The summed E-state index contributed by atoms with van der Waals surface area (Å²) in [6.07, 6.45) is 4.01. The normalized spacial score (nSPS) is 11.5. The summed E-state index contributed by atoms with van der Waals surface area (Å²) in [7, 11) is -3.23. The van der Waals surface area contributed by atoms with Gasteiger partial charge in [0, 0.05) is 18.0 Å². The summed E-state index contributed by atoms with van der Waals surface area (Å²) in [5.41, 5.74) is 1.19. The molecule has 2 aromatic rings. The van der Waals surface area contributed by atoms with Gasteiger partial charge in [0.25, 0.3) is 0 Å². The summed E-state index contributed by atoms with van der Waals surface area (Å²) >= 11 is 0. The van der Waals surface area contributed by atoms with E-state index in [0.717, 1.165) is 6.26 Å². The number of anilines is 1. The van der Waals surface area contributed by atoms with Crippen molar-refractivity contribution in [2.45, 2.75) is 4.90 Å². The van der Waals surface area contributed by atoms with Crippen molar-refractivity contribution in [1.82, 2.24) is 0 Å². The monoisotopic (exact) mass is 319 g/mol. The van der Waals surface area contributed by atoms with Gasteiger partial charge in [-0.05, 0) is 48.0 Å². The molecule has 0 aromatic heterocycles. The summed E-state index contributed by atoms with van der Waals surface area (Å²) in [4.78, 5) is 11.9. The van der Waals surface area contributed by atoms with E-state index in [2.05, 4.69) is 5.32 Å². The predicted octanol–water partition coefficient (Wildman–Crippen LogP) is 2.88. The molecule has 0 aliphatic carbocycles. The second kappa shape index (κ2) is 6.53. The quantitative estimate of drug-likeness (QED) is 0.881. The summed E-state index contributed by atoms with van der Waals surface area (Å²) in [5.74, 6) is -0.738. The molecule has 0 atom stereocenters. The molecule has 0 spiro atoms. The van der Waals surface area contributed by atoms with E-state index in [9.17, 15) is 17.6 Å². The molecule has 0 aliphatic heterocycles. The highest BCUT2D eigenvalue weighted by atomic mass is 32.2. The Morgan fingerprint density at radius 3 is 2.18 bits per heavy atom. The Labute approximate surface area is 128 Å². The molecule has 0 saturated heterocycles. The van der Waals surface area contributed by atoms with Crippen LogP contribution in [0.25, 0.3) is 6.08 Å². The lowest BCUT2D eigenvalue weighted by Gasteiger charge is -2.01. The van der Waals surface area contributed by atoms with Crippen LogP contribution in [-0.2, 0) is 14.6 Å². The standard InChI is InChI=1S/C16H14FNO3S/c1-22(20,21)15-9-2-12(3-10-15)4-11-16(19)18-14-7-5-13(17)6-8-14/h2-11H,1H3,(H,18,19)/b11-4+. The van der Waals surface area contributed by atoms with E-state index < -0.39 is 9.84 Å². The highest BCUT2D eigenvalue weighted by molar-refractivity contribution is 7.90. The summed E-state index contributed by atoms with van der Waals surface area (Å²) < 4.78 is 35.4. The molecule has 0 aliphatic rings. The molecule has 0 radical (unpaired) electrons. The Morgan fingerprint density at radius 1 is 1.05 bits per heavy atom. The Morgan fingerprint density at radius 2 is 1.64 bits per heavy atom. The maximum atomic E-state index is 12.7. The summed E-state index contributed by atoms with van der Waals surface area (Å²) in [6, 6.07) is 11.6. The van der Waals surface area contributed by atoms with Crippen LogP contribution in [0.4, 0.5) is 10.1 Å². The zero-order chi connectivity index (χ0) is 16.2. The molecular formula is C16H14FNO3S. The number of hydrogen-bond donors (Lipinski definition) is 1. The van der Waals surface area contributed by atoms with Crippen LogP contribution in [0.2, 0.25) is 0 Å². The molecule has 0 unspecified atom stereocenters. The maximum Gasteiger partial charge on any atom is 0.248 e.